The number of aliphatic carboxylic acids is 1. The average molecular weight is 984 g/mol. The van der Waals surface area contributed by atoms with Crippen LogP contribution in [0.4, 0.5) is 0 Å². The minimum Gasteiger partial charge on any atom is -0.478 e. The van der Waals surface area contributed by atoms with Crippen LogP contribution in [0.15, 0.2) is 22.8 Å². The molecule has 2 heterocycles. The quantitative estimate of drug-likeness (QED) is 0.0696. The summed E-state index contributed by atoms with van der Waals surface area (Å²) in [5, 5.41) is 83.6. The number of aliphatic hydroxyl groups is 7. The standard InChI is InChI=1S/C31H48O6.C18H37N5O9/c1-17(2)9-8-10-20(28(35)36)26-22-15-24(34)27-29(5)13-12-23(33)18(3)21(29)11-14-30(27,6)31(22,7)16-25(26)37-19(4)32;19-3-9-8(25)2-7(22)17(29-9)31-15-5(20)1-6(21)16(14(15)28)32-18-13(27)11(23)12(26)10(4-24)30-18/h9,18,21-25,27,33-34H,8,10-16H2,1-7H3,(H,35,36);5-18,24-28H,1-4,19-23H2/b26-20-;/t18-,21-,22-,23+,24+,25-,27-,29-,30-,31-;5-,6+,7+,8-,9+,10+,11-,12+,13+,14-,15+,16-,17+,18+/m00/s1. The summed E-state index contributed by atoms with van der Waals surface area (Å²) in [5.74, 6) is -0.909. The molecular weight excluding hydrogens is 899 g/mol. The number of hydrogen-bond donors (Lipinski definition) is 13. The summed E-state index contributed by atoms with van der Waals surface area (Å²) in [6.45, 7) is 14.0. The molecule has 5 aliphatic carbocycles. The summed E-state index contributed by atoms with van der Waals surface area (Å²) in [6.07, 6.45) is -4.54. The van der Waals surface area contributed by atoms with E-state index in [1.54, 1.807) is 0 Å². The lowest BCUT2D eigenvalue weighted by Crippen LogP contribution is -2.68. The summed E-state index contributed by atoms with van der Waals surface area (Å²) in [4.78, 5) is 24.8. The van der Waals surface area contributed by atoms with Gasteiger partial charge in [0.2, 0.25) is 0 Å². The van der Waals surface area contributed by atoms with Gasteiger partial charge < -0.3 is 93.2 Å². The van der Waals surface area contributed by atoms with Crippen molar-refractivity contribution < 1.29 is 74.1 Å². The third kappa shape index (κ3) is 10.7. The van der Waals surface area contributed by atoms with Gasteiger partial charge in [-0.2, -0.15) is 0 Å². The second-order valence-electron chi connectivity index (χ2n) is 22.4. The number of aliphatic hydroxyl groups excluding tert-OH is 7. The first kappa shape index (κ1) is 56.1. The monoisotopic (exact) mass is 984 g/mol. The van der Waals surface area contributed by atoms with E-state index in [2.05, 4.69) is 27.7 Å². The van der Waals surface area contributed by atoms with Crippen LogP contribution in [-0.4, -0.2) is 170 Å². The highest BCUT2D eigenvalue weighted by Crippen LogP contribution is 2.74. The van der Waals surface area contributed by atoms with Gasteiger partial charge in [-0.15, -0.1) is 0 Å². The molecule has 0 amide bonds. The van der Waals surface area contributed by atoms with Gasteiger partial charge in [0.25, 0.3) is 0 Å². The fourth-order valence-corrected chi connectivity index (χ4v) is 14.2. The minimum atomic E-state index is -1.44. The van der Waals surface area contributed by atoms with Crippen molar-refractivity contribution in [1.29, 1.82) is 0 Å². The lowest BCUT2D eigenvalue weighted by molar-refractivity contribution is -0.314. The van der Waals surface area contributed by atoms with Gasteiger partial charge in [0, 0.05) is 31.1 Å². The Balaban J connectivity index is 0.000000229. The van der Waals surface area contributed by atoms with Crippen molar-refractivity contribution >= 4 is 11.9 Å². The molecule has 5 saturated carbocycles. The molecule has 7 fully saturated rings. The number of rotatable bonds is 11. The van der Waals surface area contributed by atoms with Gasteiger partial charge in [-0.05, 0) is 124 Å². The molecule has 0 unspecified atom stereocenters. The number of carboxylic acid groups (broad SMARTS) is 1. The van der Waals surface area contributed by atoms with Gasteiger partial charge in [0.1, 0.15) is 42.7 Å². The summed E-state index contributed by atoms with van der Waals surface area (Å²) in [6, 6.07) is -3.27. The van der Waals surface area contributed by atoms with Crippen LogP contribution in [0.3, 0.4) is 0 Å². The third-order valence-corrected chi connectivity index (χ3v) is 18.0. The van der Waals surface area contributed by atoms with E-state index in [-0.39, 0.29) is 59.5 Å². The van der Waals surface area contributed by atoms with Gasteiger partial charge in [-0.25, -0.2) is 4.79 Å². The molecule has 2 saturated heterocycles. The van der Waals surface area contributed by atoms with Crippen LogP contribution < -0.4 is 28.7 Å². The van der Waals surface area contributed by atoms with Crippen molar-refractivity contribution in [2.24, 2.45) is 68.6 Å². The molecule has 396 valence electrons. The number of ether oxygens (including phenoxy) is 5. The highest BCUT2D eigenvalue weighted by Gasteiger charge is 2.71. The normalized spacial score (nSPS) is 49.2. The highest BCUT2D eigenvalue weighted by atomic mass is 16.7. The van der Waals surface area contributed by atoms with E-state index in [1.165, 1.54) is 6.92 Å². The van der Waals surface area contributed by atoms with Crippen LogP contribution in [0.5, 0.6) is 0 Å². The molecule has 0 aromatic rings. The van der Waals surface area contributed by atoms with E-state index >= 15 is 0 Å². The molecule has 24 atom stereocenters. The zero-order valence-corrected chi connectivity index (χ0v) is 41.5. The summed E-state index contributed by atoms with van der Waals surface area (Å²) < 4.78 is 28.6. The lowest BCUT2D eigenvalue weighted by atomic mass is 9.36. The fraction of sp³-hybridized carbons (Fsp3) is 0.878. The van der Waals surface area contributed by atoms with Crippen molar-refractivity contribution in [3.8, 4) is 0 Å². The second-order valence-corrected chi connectivity index (χ2v) is 22.4. The first-order valence-electron chi connectivity index (χ1n) is 25.1. The number of esters is 1. The fourth-order valence-electron chi connectivity index (χ4n) is 14.2. The molecule has 0 bridgehead atoms. The molecular formula is C49H85N5O15. The predicted octanol–water partition coefficient (Wildman–Crippen LogP) is -0.630. The molecule has 0 spiro atoms. The van der Waals surface area contributed by atoms with Gasteiger partial charge in [0.15, 0.2) is 12.6 Å². The number of carbonyl (C=O) groups excluding carboxylic acids is 1. The molecule has 0 aromatic carbocycles. The second kappa shape index (κ2) is 22.1. The number of hydrogen-bond acceptors (Lipinski definition) is 19. The van der Waals surface area contributed by atoms with Crippen molar-refractivity contribution in [1.82, 2.24) is 0 Å². The van der Waals surface area contributed by atoms with Crippen LogP contribution >= 0.6 is 0 Å². The van der Waals surface area contributed by atoms with Crippen molar-refractivity contribution in [2.75, 3.05) is 13.2 Å². The van der Waals surface area contributed by atoms with E-state index in [0.29, 0.717) is 37.2 Å². The van der Waals surface area contributed by atoms with Gasteiger partial charge in [0.05, 0.1) is 43.1 Å². The average Bonchev–Trinajstić information content (AvgIpc) is 3.54. The zero-order chi connectivity index (χ0) is 51.2. The molecule has 20 heteroatoms. The van der Waals surface area contributed by atoms with Gasteiger partial charge >= 0.3 is 11.9 Å². The van der Waals surface area contributed by atoms with Gasteiger partial charge in [-0.1, -0.05) is 39.3 Å². The third-order valence-electron chi connectivity index (χ3n) is 18.0. The minimum absolute atomic E-state index is 0.0474. The Bertz CT molecular complexity index is 1860. The summed E-state index contributed by atoms with van der Waals surface area (Å²) in [7, 11) is 0. The Morgan fingerprint density at radius 3 is 1.97 bits per heavy atom. The topological polar surface area (TPSA) is 372 Å². The molecule has 7 rings (SSSR count). The maximum atomic E-state index is 12.6. The molecule has 0 radical (unpaired) electrons. The molecule has 2 aliphatic heterocycles. The maximum Gasteiger partial charge on any atom is 0.331 e. The highest BCUT2D eigenvalue weighted by molar-refractivity contribution is 5.88. The number of nitrogens with two attached hydrogens (primary N) is 5. The largest absolute Gasteiger partial charge is 0.478 e. The summed E-state index contributed by atoms with van der Waals surface area (Å²) >= 11 is 0. The Morgan fingerprint density at radius 2 is 1.39 bits per heavy atom. The number of carbonyl (C=O) groups is 2. The Labute approximate surface area is 406 Å². The molecule has 0 aromatic heterocycles. The van der Waals surface area contributed by atoms with Crippen LogP contribution in [-0.2, 0) is 33.3 Å². The summed E-state index contributed by atoms with van der Waals surface area (Å²) in [5.41, 5.74) is 31.3. The van der Waals surface area contributed by atoms with Crippen LogP contribution in [0.25, 0.3) is 0 Å². The molecule has 7 aliphatic rings. The first-order valence-corrected chi connectivity index (χ1v) is 25.1. The maximum absolute atomic E-state index is 12.6. The number of allylic oxidation sites excluding steroid dienone is 2. The van der Waals surface area contributed by atoms with Crippen LogP contribution in [0.2, 0.25) is 0 Å². The predicted molar refractivity (Wildman–Crippen MR) is 251 cm³/mol. The van der Waals surface area contributed by atoms with E-state index < -0.39 is 116 Å². The van der Waals surface area contributed by atoms with E-state index in [1.807, 2.05) is 19.9 Å². The van der Waals surface area contributed by atoms with Gasteiger partial charge in [-0.3, -0.25) is 4.79 Å². The van der Waals surface area contributed by atoms with Crippen molar-refractivity contribution in [3.05, 3.63) is 22.8 Å². The SMILES string of the molecule is CC(=O)O[C@H]1C[C@@]2(C)[C@@H](C[C@@H](O)[C@H]3[C@@]4(C)CC[C@@H](O)[C@@H](C)[C@@H]4CC[C@@]32C)/C1=C(\CCC=C(C)C)C(=O)O.NC[C@H]1O[C@H](O[C@H]2[C@H](O)[C@@H](O[C@H]3O[C@H](CO)[C@@H](O)[C@H](N)[C@H]3O)[C@H](N)C[C@@H]2N)[C@H](N)C[C@@H]1O. The van der Waals surface area contributed by atoms with E-state index in [9.17, 15) is 50.4 Å². The zero-order valence-electron chi connectivity index (χ0n) is 41.5. The molecule has 69 heavy (non-hydrogen) atoms. The number of fused-ring (bicyclic) bond motifs is 5. The van der Waals surface area contributed by atoms with Crippen LogP contribution in [0, 0.1) is 39.9 Å². The van der Waals surface area contributed by atoms with E-state index in [4.69, 9.17) is 52.4 Å². The lowest BCUT2D eigenvalue weighted by Gasteiger charge is -2.69. The Hall–Kier alpha value is -2.22. The Kier molecular flexibility index (Phi) is 18.0. The van der Waals surface area contributed by atoms with Crippen molar-refractivity contribution in [2.45, 2.75) is 217 Å². The van der Waals surface area contributed by atoms with E-state index in [0.717, 1.165) is 36.8 Å². The van der Waals surface area contributed by atoms with Crippen molar-refractivity contribution in [3.63, 3.8) is 0 Å². The Morgan fingerprint density at radius 1 is 0.768 bits per heavy atom. The van der Waals surface area contributed by atoms with Crippen LogP contribution in [0.1, 0.15) is 113 Å². The first-order chi connectivity index (χ1) is 32.3. The molecule has 18 N–H and O–H groups in total. The number of carboxylic acids is 1. The smallest absolute Gasteiger partial charge is 0.331 e. The molecule has 20 nitrogen and oxygen atoms in total.